The number of nitrogens with one attached hydrogen (secondary N) is 1. The van der Waals surface area contributed by atoms with Gasteiger partial charge in [0.15, 0.2) is 0 Å². The molecule has 1 aromatic carbocycles. The Morgan fingerprint density at radius 1 is 1.26 bits per heavy atom. The molecule has 0 saturated heterocycles. The van der Waals surface area contributed by atoms with Gasteiger partial charge in [0.1, 0.15) is 11.6 Å². The van der Waals surface area contributed by atoms with Crippen molar-refractivity contribution >= 4 is 0 Å². The van der Waals surface area contributed by atoms with Gasteiger partial charge in [0, 0.05) is 18.7 Å². The molecule has 1 rings (SSSR count). The van der Waals surface area contributed by atoms with Crippen molar-refractivity contribution in [3.05, 3.63) is 35.4 Å². The molecule has 0 radical (unpaired) electrons. The quantitative estimate of drug-likeness (QED) is 0.817. The van der Waals surface area contributed by atoms with Crippen molar-refractivity contribution in [3.8, 4) is 0 Å². The van der Waals surface area contributed by atoms with Gasteiger partial charge in [-0.15, -0.1) is 0 Å². The molecule has 0 aliphatic carbocycles. The van der Waals surface area contributed by atoms with Crippen LogP contribution in [0.4, 0.5) is 8.78 Å². The van der Waals surface area contributed by atoms with E-state index in [-0.39, 0.29) is 18.1 Å². The summed E-state index contributed by atoms with van der Waals surface area (Å²) in [5, 5.41) is 3.29. The molecule has 0 heterocycles. The second-order valence-corrected chi connectivity index (χ2v) is 5.04. The number of benzene rings is 1. The Bertz CT molecular complexity index is 396. The summed E-state index contributed by atoms with van der Waals surface area (Å²) in [7, 11) is 1.62. The molecule has 0 saturated carbocycles. The third-order valence-corrected chi connectivity index (χ3v) is 3.17. The van der Waals surface area contributed by atoms with Crippen LogP contribution in [0.15, 0.2) is 18.2 Å². The van der Waals surface area contributed by atoms with Crippen LogP contribution in [0.3, 0.4) is 0 Å². The third-order valence-electron chi connectivity index (χ3n) is 3.17. The molecule has 0 spiro atoms. The molecule has 2 atom stereocenters. The van der Waals surface area contributed by atoms with E-state index in [2.05, 4.69) is 5.32 Å². The van der Waals surface area contributed by atoms with Crippen LogP contribution in [-0.4, -0.2) is 19.8 Å². The predicted octanol–water partition coefficient (Wildman–Crippen LogP) is 3.68. The fourth-order valence-electron chi connectivity index (χ4n) is 2.25. The smallest absolute Gasteiger partial charge is 0.130 e. The second kappa shape index (κ2) is 7.56. The Morgan fingerprint density at radius 3 is 2.42 bits per heavy atom. The van der Waals surface area contributed by atoms with Crippen LogP contribution in [-0.2, 0) is 4.74 Å². The van der Waals surface area contributed by atoms with E-state index in [4.69, 9.17) is 4.74 Å². The highest BCUT2D eigenvalue weighted by atomic mass is 19.1. The molecule has 1 aromatic rings. The lowest BCUT2D eigenvalue weighted by atomic mass is 9.93. The van der Waals surface area contributed by atoms with E-state index in [0.29, 0.717) is 5.56 Å². The van der Waals surface area contributed by atoms with E-state index >= 15 is 0 Å². The maximum absolute atomic E-state index is 14.0. The van der Waals surface area contributed by atoms with E-state index in [9.17, 15) is 8.78 Å². The molecule has 0 aliphatic heterocycles. The van der Waals surface area contributed by atoms with Gasteiger partial charge in [0.25, 0.3) is 0 Å². The fraction of sp³-hybridized carbons (Fsp3) is 0.600. The molecular weight excluding hydrogens is 248 g/mol. The third kappa shape index (κ3) is 4.25. The standard InChI is InChI=1S/C15H23F2NO/c1-5-8-18-14(15(19-4)10(2)3)12-7-6-11(16)9-13(12)17/h6-7,9-10,14-15,18H,5,8H2,1-4H3. The lowest BCUT2D eigenvalue weighted by molar-refractivity contribution is 0.0316. The van der Waals surface area contributed by atoms with Crippen LogP contribution in [0.2, 0.25) is 0 Å². The number of ether oxygens (including phenoxy) is 1. The first-order chi connectivity index (χ1) is 9.01. The zero-order chi connectivity index (χ0) is 14.4. The Morgan fingerprint density at radius 2 is 1.95 bits per heavy atom. The van der Waals surface area contributed by atoms with E-state index < -0.39 is 11.6 Å². The summed E-state index contributed by atoms with van der Waals surface area (Å²) in [5.74, 6) is -0.867. The van der Waals surface area contributed by atoms with Gasteiger partial charge in [-0.3, -0.25) is 0 Å². The Labute approximate surface area is 114 Å². The Kier molecular flexibility index (Phi) is 6.38. The van der Waals surface area contributed by atoms with Crippen molar-refractivity contribution in [1.29, 1.82) is 0 Å². The van der Waals surface area contributed by atoms with Crippen LogP contribution < -0.4 is 5.32 Å². The topological polar surface area (TPSA) is 21.3 Å². The average molecular weight is 271 g/mol. The van der Waals surface area contributed by atoms with E-state index in [1.807, 2.05) is 20.8 Å². The number of rotatable bonds is 7. The zero-order valence-electron chi connectivity index (χ0n) is 12.0. The molecule has 108 valence electrons. The van der Waals surface area contributed by atoms with Crippen molar-refractivity contribution in [2.75, 3.05) is 13.7 Å². The molecule has 0 aliphatic rings. The van der Waals surface area contributed by atoms with Crippen LogP contribution >= 0.6 is 0 Å². The zero-order valence-corrected chi connectivity index (χ0v) is 12.0. The van der Waals surface area contributed by atoms with Gasteiger partial charge in [0.2, 0.25) is 0 Å². The average Bonchev–Trinajstić information content (AvgIpc) is 2.34. The number of methoxy groups -OCH3 is 1. The van der Waals surface area contributed by atoms with Crippen molar-refractivity contribution in [1.82, 2.24) is 5.32 Å². The Hall–Kier alpha value is -1.00. The van der Waals surface area contributed by atoms with Crippen molar-refractivity contribution < 1.29 is 13.5 Å². The van der Waals surface area contributed by atoms with E-state index in [0.717, 1.165) is 19.0 Å². The number of hydrogen-bond acceptors (Lipinski definition) is 2. The molecule has 0 fully saturated rings. The summed E-state index contributed by atoms with van der Waals surface area (Å²) in [4.78, 5) is 0. The largest absolute Gasteiger partial charge is 0.379 e. The van der Waals surface area contributed by atoms with Crippen molar-refractivity contribution in [2.45, 2.75) is 39.3 Å². The van der Waals surface area contributed by atoms with Gasteiger partial charge in [-0.25, -0.2) is 8.78 Å². The molecule has 2 unspecified atom stereocenters. The SMILES string of the molecule is CCCNC(c1ccc(F)cc1F)C(OC)C(C)C. The van der Waals surface area contributed by atoms with Crippen LogP contribution in [0, 0.1) is 17.6 Å². The van der Waals surface area contributed by atoms with Crippen molar-refractivity contribution in [3.63, 3.8) is 0 Å². The highest BCUT2D eigenvalue weighted by Crippen LogP contribution is 2.27. The summed E-state index contributed by atoms with van der Waals surface area (Å²) in [6.45, 7) is 6.85. The van der Waals surface area contributed by atoms with Gasteiger partial charge < -0.3 is 10.1 Å². The molecule has 0 aromatic heterocycles. The molecule has 2 nitrogen and oxygen atoms in total. The highest BCUT2D eigenvalue weighted by Gasteiger charge is 2.27. The van der Waals surface area contributed by atoms with Gasteiger partial charge in [-0.1, -0.05) is 26.8 Å². The molecule has 4 heteroatoms. The van der Waals surface area contributed by atoms with Gasteiger partial charge >= 0.3 is 0 Å². The number of halogens is 2. The first kappa shape index (κ1) is 16.1. The normalized spacial score (nSPS) is 14.7. The minimum absolute atomic E-state index is 0.161. The minimum atomic E-state index is -0.561. The first-order valence-corrected chi connectivity index (χ1v) is 6.72. The van der Waals surface area contributed by atoms with Crippen LogP contribution in [0.25, 0.3) is 0 Å². The Balaban J connectivity index is 3.07. The van der Waals surface area contributed by atoms with Gasteiger partial charge in [-0.05, 0) is 24.9 Å². The summed E-state index contributed by atoms with van der Waals surface area (Å²) < 4.78 is 32.5. The summed E-state index contributed by atoms with van der Waals surface area (Å²) in [6.07, 6.45) is 0.778. The molecule has 1 N–H and O–H groups in total. The highest BCUT2D eigenvalue weighted by molar-refractivity contribution is 5.23. The van der Waals surface area contributed by atoms with Gasteiger partial charge in [-0.2, -0.15) is 0 Å². The van der Waals surface area contributed by atoms with Crippen molar-refractivity contribution in [2.24, 2.45) is 5.92 Å². The summed E-state index contributed by atoms with van der Waals surface area (Å²) in [5.41, 5.74) is 0.454. The first-order valence-electron chi connectivity index (χ1n) is 6.72. The lowest BCUT2D eigenvalue weighted by Gasteiger charge is -2.30. The molecule has 0 amide bonds. The number of hydrogen-bond donors (Lipinski definition) is 1. The van der Waals surface area contributed by atoms with Crippen LogP contribution in [0.1, 0.15) is 38.8 Å². The molecular formula is C15H23F2NO. The summed E-state index contributed by atoms with van der Waals surface area (Å²) in [6, 6.07) is 3.42. The minimum Gasteiger partial charge on any atom is -0.379 e. The molecule has 19 heavy (non-hydrogen) atoms. The van der Waals surface area contributed by atoms with Crippen LogP contribution in [0.5, 0.6) is 0 Å². The monoisotopic (exact) mass is 271 g/mol. The summed E-state index contributed by atoms with van der Waals surface area (Å²) >= 11 is 0. The maximum atomic E-state index is 14.0. The van der Waals surface area contributed by atoms with E-state index in [1.54, 1.807) is 7.11 Å². The predicted molar refractivity (Wildman–Crippen MR) is 73.0 cm³/mol. The van der Waals surface area contributed by atoms with Gasteiger partial charge in [0.05, 0.1) is 12.1 Å². The fourth-order valence-corrected chi connectivity index (χ4v) is 2.25. The molecule has 0 bridgehead atoms. The maximum Gasteiger partial charge on any atom is 0.130 e. The lowest BCUT2D eigenvalue weighted by Crippen LogP contribution is -2.37. The second-order valence-electron chi connectivity index (χ2n) is 5.04. The van der Waals surface area contributed by atoms with E-state index in [1.165, 1.54) is 12.1 Å².